The molecule has 9 heteroatoms. The second kappa shape index (κ2) is 10.3. The zero-order valence-corrected chi connectivity index (χ0v) is 18.2. The van der Waals surface area contributed by atoms with E-state index in [0.717, 1.165) is 11.8 Å². The summed E-state index contributed by atoms with van der Waals surface area (Å²) < 4.78 is 25.2. The molecule has 3 aromatic rings. The van der Waals surface area contributed by atoms with Gasteiger partial charge in [0.15, 0.2) is 0 Å². The first-order chi connectivity index (χ1) is 15.2. The van der Waals surface area contributed by atoms with E-state index in [0.29, 0.717) is 11.3 Å². The van der Waals surface area contributed by atoms with Gasteiger partial charge in [0.25, 0.3) is 0 Å². The summed E-state index contributed by atoms with van der Waals surface area (Å²) in [6.45, 7) is 0.00482. The number of aliphatic hydroxyl groups excluding tert-OH is 1. The van der Waals surface area contributed by atoms with Crippen LogP contribution in [0.5, 0.6) is 5.75 Å². The van der Waals surface area contributed by atoms with Gasteiger partial charge in [-0.25, -0.2) is 8.42 Å². The van der Waals surface area contributed by atoms with E-state index in [1.54, 1.807) is 12.1 Å². The van der Waals surface area contributed by atoms with E-state index in [2.05, 4.69) is 15.4 Å². The quantitative estimate of drug-likeness (QED) is 0.316. The van der Waals surface area contributed by atoms with Gasteiger partial charge < -0.3 is 15.5 Å². The predicted octanol–water partition coefficient (Wildman–Crippen LogP) is 2.77. The third-order valence-corrected chi connectivity index (χ3v) is 5.24. The molecule has 5 N–H and O–H groups in total. The number of carbonyl (C=O) groups excluding carboxylic acids is 1. The maximum Gasteiger partial charge on any atom is 0.246 e. The number of sulfonamides is 1. The molecule has 0 aromatic heterocycles. The molecule has 8 nitrogen and oxygen atoms in total. The molecule has 3 aromatic carbocycles. The smallest absolute Gasteiger partial charge is 0.246 e. The molecule has 0 aliphatic carbocycles. The molecule has 0 spiro atoms. The number of nitrogens with one attached hydrogen (secondary N) is 3. The Morgan fingerprint density at radius 1 is 0.938 bits per heavy atom. The van der Waals surface area contributed by atoms with Crippen molar-refractivity contribution >= 4 is 27.3 Å². The molecule has 0 aliphatic heterocycles. The third-order valence-electron chi connectivity index (χ3n) is 4.65. The van der Waals surface area contributed by atoms with Crippen LogP contribution < -0.4 is 15.4 Å². The summed E-state index contributed by atoms with van der Waals surface area (Å²) in [5.41, 5.74) is 1.70. The molecular weight excluding hydrogens is 430 g/mol. The van der Waals surface area contributed by atoms with E-state index in [1.165, 1.54) is 18.2 Å². The number of aromatic hydroxyl groups is 1. The topological polar surface area (TPSA) is 128 Å². The van der Waals surface area contributed by atoms with Crippen molar-refractivity contribution in [1.29, 1.82) is 0 Å². The molecular formula is C23H25N3O5S. The standard InChI is InChI=1S/C23H25N3O5S/c1-32(30,31)26-19-14-17(12-13-20(19)27)21(28)15-24-22(16-8-4-2-5-9-16)23(29)25-18-10-6-3-7-11-18/h2-14,21-22,24,26-28H,15H2,1H3,(H,25,29). The summed E-state index contributed by atoms with van der Waals surface area (Å²) in [5.74, 6) is -0.552. The van der Waals surface area contributed by atoms with E-state index in [9.17, 15) is 23.4 Å². The van der Waals surface area contributed by atoms with Crippen LogP contribution in [0, 0.1) is 0 Å². The van der Waals surface area contributed by atoms with Crippen LogP contribution in [0.25, 0.3) is 0 Å². The summed E-state index contributed by atoms with van der Waals surface area (Å²) >= 11 is 0. The highest BCUT2D eigenvalue weighted by Gasteiger charge is 2.22. The van der Waals surface area contributed by atoms with Gasteiger partial charge in [-0.2, -0.15) is 0 Å². The van der Waals surface area contributed by atoms with Gasteiger partial charge in [-0.05, 0) is 35.4 Å². The van der Waals surface area contributed by atoms with Gasteiger partial charge in [-0.1, -0.05) is 54.6 Å². The Bertz CT molecular complexity index is 1150. The lowest BCUT2D eigenvalue weighted by molar-refractivity contribution is -0.118. The van der Waals surface area contributed by atoms with Crippen molar-refractivity contribution in [2.45, 2.75) is 12.1 Å². The number of amides is 1. The monoisotopic (exact) mass is 455 g/mol. The molecule has 0 bridgehead atoms. The largest absolute Gasteiger partial charge is 0.506 e. The molecule has 0 aliphatic rings. The van der Waals surface area contributed by atoms with Gasteiger partial charge >= 0.3 is 0 Å². The van der Waals surface area contributed by atoms with E-state index >= 15 is 0 Å². The van der Waals surface area contributed by atoms with Crippen LogP contribution >= 0.6 is 0 Å². The molecule has 0 saturated heterocycles. The van der Waals surface area contributed by atoms with Crippen molar-refractivity contribution < 1.29 is 23.4 Å². The molecule has 0 fully saturated rings. The number of aliphatic hydroxyl groups is 1. The molecule has 0 heterocycles. The first kappa shape index (κ1) is 23.3. The summed E-state index contributed by atoms with van der Waals surface area (Å²) in [6.07, 6.45) is -0.0983. The number of rotatable bonds is 9. The highest BCUT2D eigenvalue weighted by Crippen LogP contribution is 2.28. The maximum absolute atomic E-state index is 13.0. The Morgan fingerprint density at radius 3 is 2.19 bits per heavy atom. The summed E-state index contributed by atoms with van der Waals surface area (Å²) in [6, 6.07) is 21.5. The van der Waals surface area contributed by atoms with Crippen LogP contribution in [-0.2, 0) is 14.8 Å². The van der Waals surface area contributed by atoms with Gasteiger partial charge in [0.2, 0.25) is 15.9 Å². The first-order valence-corrected chi connectivity index (χ1v) is 11.7. The van der Waals surface area contributed by atoms with Crippen LogP contribution in [0.1, 0.15) is 23.3 Å². The van der Waals surface area contributed by atoms with Crippen molar-refractivity contribution in [2.24, 2.45) is 0 Å². The van der Waals surface area contributed by atoms with Crippen molar-refractivity contribution in [3.63, 3.8) is 0 Å². The van der Waals surface area contributed by atoms with E-state index in [4.69, 9.17) is 0 Å². The number of anilines is 2. The van der Waals surface area contributed by atoms with Crippen LogP contribution in [-0.4, -0.2) is 37.3 Å². The lowest BCUT2D eigenvalue weighted by atomic mass is 10.0. The molecule has 32 heavy (non-hydrogen) atoms. The normalized spacial score (nSPS) is 13.2. The van der Waals surface area contributed by atoms with Crippen molar-refractivity contribution in [2.75, 3.05) is 22.8 Å². The molecule has 2 unspecified atom stereocenters. The number of phenolic OH excluding ortho intramolecular Hbond substituents is 1. The highest BCUT2D eigenvalue weighted by atomic mass is 32.2. The first-order valence-electron chi connectivity index (χ1n) is 9.86. The van der Waals surface area contributed by atoms with Crippen LogP contribution in [0.15, 0.2) is 78.9 Å². The summed E-state index contributed by atoms with van der Waals surface area (Å²) in [4.78, 5) is 13.0. The lowest BCUT2D eigenvalue weighted by Gasteiger charge is -2.21. The number of phenols is 1. The Morgan fingerprint density at radius 2 is 1.56 bits per heavy atom. The van der Waals surface area contributed by atoms with Crippen LogP contribution in [0.4, 0.5) is 11.4 Å². The van der Waals surface area contributed by atoms with Crippen molar-refractivity contribution in [3.05, 3.63) is 90.0 Å². The molecule has 2 atom stereocenters. The predicted molar refractivity (Wildman–Crippen MR) is 124 cm³/mol. The zero-order valence-electron chi connectivity index (χ0n) is 17.4. The van der Waals surface area contributed by atoms with E-state index in [1.807, 2.05) is 48.5 Å². The molecule has 3 rings (SSSR count). The van der Waals surface area contributed by atoms with Gasteiger partial charge in [0.05, 0.1) is 18.0 Å². The number of hydrogen-bond donors (Lipinski definition) is 5. The highest BCUT2D eigenvalue weighted by molar-refractivity contribution is 7.92. The average Bonchev–Trinajstić information content (AvgIpc) is 2.76. The second-order valence-electron chi connectivity index (χ2n) is 7.27. The fraction of sp³-hybridized carbons (Fsp3) is 0.174. The van der Waals surface area contributed by atoms with Crippen molar-refractivity contribution in [3.8, 4) is 5.75 Å². The summed E-state index contributed by atoms with van der Waals surface area (Å²) in [7, 11) is -3.61. The fourth-order valence-electron chi connectivity index (χ4n) is 3.13. The van der Waals surface area contributed by atoms with Gasteiger partial charge in [0, 0.05) is 12.2 Å². The summed E-state index contributed by atoms with van der Waals surface area (Å²) in [5, 5.41) is 26.5. The van der Waals surface area contributed by atoms with E-state index in [-0.39, 0.29) is 23.9 Å². The number of carbonyl (C=O) groups is 1. The Labute approximate surface area is 187 Å². The molecule has 0 saturated carbocycles. The minimum absolute atomic E-state index is 0.00482. The molecule has 168 valence electrons. The maximum atomic E-state index is 13.0. The second-order valence-corrected chi connectivity index (χ2v) is 9.02. The van der Waals surface area contributed by atoms with Gasteiger partial charge in [-0.15, -0.1) is 0 Å². The minimum Gasteiger partial charge on any atom is -0.506 e. The number of benzene rings is 3. The van der Waals surface area contributed by atoms with Gasteiger partial charge in [0.1, 0.15) is 11.8 Å². The van der Waals surface area contributed by atoms with Crippen LogP contribution in [0.3, 0.4) is 0 Å². The Kier molecular flexibility index (Phi) is 7.47. The zero-order chi connectivity index (χ0) is 23.1. The SMILES string of the molecule is CS(=O)(=O)Nc1cc(C(O)CNC(C(=O)Nc2ccccc2)c2ccccc2)ccc1O. The molecule has 1 amide bonds. The number of para-hydroxylation sites is 1. The minimum atomic E-state index is -3.61. The molecule has 0 radical (unpaired) electrons. The number of hydrogen-bond acceptors (Lipinski definition) is 6. The van der Waals surface area contributed by atoms with Crippen molar-refractivity contribution in [1.82, 2.24) is 5.32 Å². The fourth-order valence-corrected chi connectivity index (χ4v) is 3.70. The Hall–Kier alpha value is -3.40. The Balaban J connectivity index is 1.76. The third kappa shape index (κ3) is 6.55. The van der Waals surface area contributed by atoms with E-state index < -0.39 is 22.2 Å². The van der Waals surface area contributed by atoms with Gasteiger partial charge in [-0.3, -0.25) is 14.8 Å². The lowest BCUT2D eigenvalue weighted by Crippen LogP contribution is -2.35. The van der Waals surface area contributed by atoms with Crippen LogP contribution in [0.2, 0.25) is 0 Å². The average molecular weight is 456 g/mol.